The maximum atomic E-state index is 12.4. The van der Waals surface area contributed by atoms with Crippen molar-refractivity contribution in [3.05, 3.63) is 29.8 Å². The second-order valence-corrected chi connectivity index (χ2v) is 4.43. The molecule has 0 heterocycles. The number of halogens is 3. The summed E-state index contributed by atoms with van der Waals surface area (Å²) >= 11 is 0. The molecule has 112 valence electrons. The number of nitrogens with zero attached hydrogens (tertiary/aromatic N) is 1. The zero-order valence-corrected chi connectivity index (χ0v) is 10.9. The number of aliphatic hydroxyl groups is 1. The molecular formula is C13H16F3NO3. The first-order chi connectivity index (χ1) is 9.21. The van der Waals surface area contributed by atoms with Crippen LogP contribution in [0.25, 0.3) is 0 Å². The van der Waals surface area contributed by atoms with Crippen LogP contribution in [0.3, 0.4) is 0 Å². The predicted octanol–water partition coefficient (Wildman–Crippen LogP) is 2.20. The van der Waals surface area contributed by atoms with Crippen LogP contribution >= 0.6 is 0 Å². The molecule has 0 radical (unpaired) electrons. The number of aliphatic hydroxyl groups excluding tert-OH is 1. The van der Waals surface area contributed by atoms with Gasteiger partial charge < -0.3 is 15.1 Å². The van der Waals surface area contributed by atoms with Crippen molar-refractivity contribution < 1.29 is 28.2 Å². The highest BCUT2D eigenvalue weighted by molar-refractivity contribution is 5.68. The average molecular weight is 291 g/mol. The summed E-state index contributed by atoms with van der Waals surface area (Å²) in [6, 6.07) is 6.69. The van der Waals surface area contributed by atoms with Gasteiger partial charge in [0.2, 0.25) is 0 Å². The zero-order chi connectivity index (χ0) is 15.3. The Morgan fingerprint density at radius 3 is 2.45 bits per heavy atom. The Bertz CT molecular complexity index is 462. The maximum absolute atomic E-state index is 12.4. The van der Waals surface area contributed by atoms with E-state index in [1.807, 2.05) is 0 Å². The Labute approximate surface area is 114 Å². The van der Waals surface area contributed by atoms with Crippen molar-refractivity contribution in [3.63, 3.8) is 0 Å². The molecule has 0 aliphatic heterocycles. The lowest BCUT2D eigenvalue weighted by atomic mass is 10.1. The third-order valence-electron chi connectivity index (χ3n) is 2.82. The number of carboxylic acids is 1. The molecular weight excluding hydrogens is 275 g/mol. The first kappa shape index (κ1) is 16.3. The van der Waals surface area contributed by atoms with Crippen molar-refractivity contribution >= 4 is 11.7 Å². The third-order valence-corrected chi connectivity index (χ3v) is 2.82. The predicted molar refractivity (Wildman–Crippen MR) is 67.7 cm³/mol. The summed E-state index contributed by atoms with van der Waals surface area (Å²) in [5, 5.41) is 17.8. The minimum absolute atomic E-state index is 0.104. The van der Waals surface area contributed by atoms with E-state index in [-0.39, 0.29) is 13.0 Å². The summed E-state index contributed by atoms with van der Waals surface area (Å²) in [5.74, 6) is -1.11. The Balaban J connectivity index is 2.91. The molecule has 20 heavy (non-hydrogen) atoms. The summed E-state index contributed by atoms with van der Waals surface area (Å²) in [7, 11) is 0. The number of aliphatic carboxylic acids is 1. The van der Waals surface area contributed by atoms with Crippen LogP contribution in [0.2, 0.25) is 0 Å². The number of anilines is 1. The van der Waals surface area contributed by atoms with Crippen LogP contribution in [0.4, 0.5) is 18.9 Å². The Hall–Kier alpha value is -1.76. The Kier molecular flexibility index (Phi) is 5.38. The molecule has 0 fully saturated rings. The van der Waals surface area contributed by atoms with Crippen LogP contribution in [0.5, 0.6) is 0 Å². The summed E-state index contributed by atoms with van der Waals surface area (Å²) in [6.07, 6.45) is -7.56. The first-order valence-electron chi connectivity index (χ1n) is 5.99. The molecule has 0 aliphatic rings. The lowest BCUT2D eigenvalue weighted by molar-refractivity contribution is -0.200. The van der Waals surface area contributed by atoms with Gasteiger partial charge in [0.15, 0.2) is 6.10 Å². The number of carboxylic acid groups (broad SMARTS) is 1. The first-order valence-corrected chi connectivity index (χ1v) is 5.99. The molecule has 0 saturated heterocycles. The fourth-order valence-electron chi connectivity index (χ4n) is 1.77. The molecule has 2 N–H and O–H groups in total. The lowest BCUT2D eigenvalue weighted by Gasteiger charge is -2.29. The summed E-state index contributed by atoms with van der Waals surface area (Å²) in [5.41, 5.74) is 1.20. The van der Waals surface area contributed by atoms with Gasteiger partial charge in [-0.05, 0) is 18.6 Å². The number of carbonyl (C=O) groups is 1. The van der Waals surface area contributed by atoms with E-state index in [0.29, 0.717) is 11.3 Å². The maximum Gasteiger partial charge on any atom is 0.416 e. The van der Waals surface area contributed by atoms with Crippen molar-refractivity contribution in [1.82, 2.24) is 0 Å². The van der Waals surface area contributed by atoms with E-state index in [1.54, 1.807) is 31.2 Å². The van der Waals surface area contributed by atoms with E-state index in [1.165, 1.54) is 4.90 Å². The topological polar surface area (TPSA) is 60.8 Å². The molecule has 1 aromatic carbocycles. The Morgan fingerprint density at radius 2 is 1.95 bits per heavy atom. The molecule has 1 rings (SSSR count). The molecule has 1 unspecified atom stereocenters. The van der Waals surface area contributed by atoms with Gasteiger partial charge in [0, 0.05) is 12.2 Å². The van der Waals surface area contributed by atoms with Gasteiger partial charge >= 0.3 is 12.1 Å². The molecule has 1 aromatic rings. The summed E-state index contributed by atoms with van der Waals surface area (Å²) < 4.78 is 37.3. The van der Waals surface area contributed by atoms with Gasteiger partial charge in [-0.1, -0.05) is 18.2 Å². The van der Waals surface area contributed by atoms with Crippen LogP contribution in [0, 0.1) is 6.92 Å². The van der Waals surface area contributed by atoms with Crippen LogP contribution in [-0.4, -0.2) is 41.6 Å². The third kappa shape index (κ3) is 4.73. The molecule has 1 atom stereocenters. The van der Waals surface area contributed by atoms with Crippen LogP contribution in [0.1, 0.15) is 12.0 Å². The van der Waals surface area contributed by atoms with E-state index in [9.17, 15) is 18.0 Å². The molecule has 7 heteroatoms. The van der Waals surface area contributed by atoms with Crippen LogP contribution in [-0.2, 0) is 4.79 Å². The van der Waals surface area contributed by atoms with Crippen molar-refractivity contribution in [2.45, 2.75) is 25.6 Å². The molecule has 0 aromatic heterocycles. The standard InChI is InChI=1S/C13H16F3NO3/c1-9-4-2-3-5-10(9)17(7-6-12(19)20)8-11(18)13(14,15)16/h2-5,11,18H,6-8H2,1H3,(H,19,20). The molecule has 0 bridgehead atoms. The van der Waals surface area contributed by atoms with E-state index in [4.69, 9.17) is 10.2 Å². The number of benzene rings is 1. The Morgan fingerprint density at radius 1 is 1.35 bits per heavy atom. The van der Waals surface area contributed by atoms with E-state index in [2.05, 4.69) is 0 Å². The normalized spacial score (nSPS) is 13.1. The van der Waals surface area contributed by atoms with Crippen molar-refractivity contribution in [2.75, 3.05) is 18.0 Å². The molecule has 0 saturated carbocycles. The molecule has 4 nitrogen and oxygen atoms in total. The number of para-hydroxylation sites is 1. The zero-order valence-electron chi connectivity index (χ0n) is 10.9. The van der Waals surface area contributed by atoms with Gasteiger partial charge in [0.05, 0.1) is 13.0 Å². The SMILES string of the molecule is Cc1ccccc1N(CCC(=O)O)CC(O)C(F)(F)F. The van der Waals surface area contributed by atoms with Gasteiger partial charge in [-0.3, -0.25) is 4.79 Å². The van der Waals surface area contributed by atoms with E-state index < -0.39 is 24.8 Å². The minimum atomic E-state index is -4.73. The number of hydrogen-bond acceptors (Lipinski definition) is 3. The number of rotatable bonds is 6. The highest BCUT2D eigenvalue weighted by Gasteiger charge is 2.39. The highest BCUT2D eigenvalue weighted by atomic mass is 19.4. The van der Waals surface area contributed by atoms with Crippen LogP contribution < -0.4 is 4.90 Å². The summed E-state index contributed by atoms with van der Waals surface area (Å²) in [6.45, 7) is 0.915. The minimum Gasteiger partial charge on any atom is -0.481 e. The monoisotopic (exact) mass is 291 g/mol. The van der Waals surface area contributed by atoms with Gasteiger partial charge in [0.25, 0.3) is 0 Å². The fourth-order valence-corrected chi connectivity index (χ4v) is 1.77. The molecule has 0 amide bonds. The number of hydrogen-bond donors (Lipinski definition) is 2. The largest absolute Gasteiger partial charge is 0.481 e. The van der Waals surface area contributed by atoms with Gasteiger partial charge in [-0.2, -0.15) is 13.2 Å². The fraction of sp³-hybridized carbons (Fsp3) is 0.462. The summed E-state index contributed by atoms with van der Waals surface area (Å²) in [4.78, 5) is 11.8. The quantitative estimate of drug-likeness (QED) is 0.843. The van der Waals surface area contributed by atoms with Crippen LogP contribution in [0.15, 0.2) is 24.3 Å². The van der Waals surface area contributed by atoms with Gasteiger partial charge in [-0.15, -0.1) is 0 Å². The average Bonchev–Trinajstić information content (AvgIpc) is 2.33. The highest BCUT2D eigenvalue weighted by Crippen LogP contribution is 2.25. The second-order valence-electron chi connectivity index (χ2n) is 4.43. The van der Waals surface area contributed by atoms with Gasteiger partial charge in [0.1, 0.15) is 0 Å². The van der Waals surface area contributed by atoms with Crippen molar-refractivity contribution in [3.8, 4) is 0 Å². The van der Waals surface area contributed by atoms with Crippen molar-refractivity contribution in [1.29, 1.82) is 0 Å². The smallest absolute Gasteiger partial charge is 0.416 e. The number of aryl methyl sites for hydroxylation is 1. The molecule has 0 spiro atoms. The second kappa shape index (κ2) is 6.60. The van der Waals surface area contributed by atoms with Crippen molar-refractivity contribution in [2.24, 2.45) is 0 Å². The lowest BCUT2D eigenvalue weighted by Crippen LogP contribution is -2.42. The van der Waals surface area contributed by atoms with E-state index in [0.717, 1.165) is 0 Å². The van der Waals surface area contributed by atoms with Gasteiger partial charge in [-0.25, -0.2) is 0 Å². The molecule has 0 aliphatic carbocycles. The number of alkyl halides is 3. The van der Waals surface area contributed by atoms with E-state index >= 15 is 0 Å².